The Bertz CT molecular complexity index is 1340. The van der Waals surface area contributed by atoms with E-state index in [2.05, 4.69) is 87.6 Å². The van der Waals surface area contributed by atoms with Crippen LogP contribution in [-0.4, -0.2) is 37.2 Å². The van der Waals surface area contributed by atoms with Crippen LogP contribution < -0.4 is 0 Å². The zero-order valence-electron chi connectivity index (χ0n) is 38.9. The van der Waals surface area contributed by atoms with Crippen LogP contribution in [0, 0.1) is 0 Å². The molecule has 0 N–H and O–H groups in total. The van der Waals surface area contributed by atoms with Crippen LogP contribution in [0.3, 0.4) is 0 Å². The maximum absolute atomic E-state index is 12.7. The standard InChI is InChI=1S/C55H86O6/c1-4-7-10-13-16-19-22-25-26-27-28-29-31-33-36-39-42-45-48-54(57)60-51-52(50-59-53(56)47-44-41-38-35-32-24-21-18-15-12-9-6-3)61-55(58)49-46-43-40-37-34-30-23-20-17-14-11-8-5-2/h8,11,14,16-23,25-30,34,37,40,52H,4-7,9-10,12-13,15,24,31-33,35-36,38-39,41-51H2,1-3H3/b11-8-,17-14-,19-16-,21-18-,23-20-,25-22-,27-26-,29-28-,34-30-,40-37-. The summed E-state index contributed by atoms with van der Waals surface area (Å²) in [4.78, 5) is 37.8. The highest BCUT2D eigenvalue weighted by Crippen LogP contribution is 2.12. The molecule has 0 aromatic carbocycles. The van der Waals surface area contributed by atoms with E-state index >= 15 is 0 Å². The number of esters is 3. The third-order valence-electron chi connectivity index (χ3n) is 9.64. The van der Waals surface area contributed by atoms with Crippen molar-refractivity contribution in [2.24, 2.45) is 0 Å². The molecule has 0 heterocycles. The van der Waals surface area contributed by atoms with Gasteiger partial charge in [-0.25, -0.2) is 0 Å². The summed E-state index contributed by atoms with van der Waals surface area (Å²) in [6.45, 7) is 6.31. The molecule has 0 aliphatic carbocycles. The summed E-state index contributed by atoms with van der Waals surface area (Å²) >= 11 is 0. The zero-order valence-corrected chi connectivity index (χ0v) is 38.9. The minimum absolute atomic E-state index is 0.123. The highest BCUT2D eigenvalue weighted by atomic mass is 16.6. The molecule has 0 aliphatic heterocycles. The van der Waals surface area contributed by atoms with E-state index in [9.17, 15) is 14.4 Å². The van der Waals surface area contributed by atoms with E-state index in [1.165, 1.54) is 51.4 Å². The van der Waals surface area contributed by atoms with Gasteiger partial charge in [-0.3, -0.25) is 14.4 Å². The van der Waals surface area contributed by atoms with Gasteiger partial charge in [0.25, 0.3) is 0 Å². The fraction of sp³-hybridized carbons (Fsp3) is 0.582. The molecular formula is C55H86O6. The molecule has 0 aromatic rings. The van der Waals surface area contributed by atoms with E-state index in [1.54, 1.807) is 0 Å². The summed E-state index contributed by atoms with van der Waals surface area (Å²) in [6, 6.07) is 0. The Morgan fingerprint density at radius 1 is 0.344 bits per heavy atom. The molecule has 0 rings (SSSR count). The first kappa shape index (κ1) is 56.8. The van der Waals surface area contributed by atoms with Crippen molar-refractivity contribution in [1.82, 2.24) is 0 Å². The third kappa shape index (κ3) is 46.7. The second kappa shape index (κ2) is 48.5. The monoisotopic (exact) mass is 843 g/mol. The Hall–Kier alpha value is -4.19. The van der Waals surface area contributed by atoms with Crippen molar-refractivity contribution in [3.63, 3.8) is 0 Å². The average Bonchev–Trinajstić information content (AvgIpc) is 3.26. The lowest BCUT2D eigenvalue weighted by molar-refractivity contribution is -0.167. The lowest BCUT2D eigenvalue weighted by Crippen LogP contribution is -2.30. The van der Waals surface area contributed by atoms with Crippen LogP contribution in [0.4, 0.5) is 0 Å². The Balaban J connectivity index is 4.56. The van der Waals surface area contributed by atoms with E-state index in [0.29, 0.717) is 19.3 Å². The van der Waals surface area contributed by atoms with Crippen molar-refractivity contribution in [3.8, 4) is 0 Å². The van der Waals surface area contributed by atoms with Crippen molar-refractivity contribution in [1.29, 1.82) is 0 Å². The largest absolute Gasteiger partial charge is 0.462 e. The number of allylic oxidation sites excluding steroid dienone is 20. The summed E-state index contributed by atoms with van der Waals surface area (Å²) in [7, 11) is 0. The van der Waals surface area contributed by atoms with Gasteiger partial charge in [0.15, 0.2) is 6.10 Å². The number of hydrogen-bond acceptors (Lipinski definition) is 6. The van der Waals surface area contributed by atoms with Crippen LogP contribution in [0.1, 0.15) is 188 Å². The third-order valence-corrected chi connectivity index (χ3v) is 9.64. The van der Waals surface area contributed by atoms with E-state index in [1.807, 2.05) is 54.7 Å². The molecule has 0 radical (unpaired) electrons. The summed E-state index contributed by atoms with van der Waals surface area (Å²) < 4.78 is 16.6. The highest BCUT2D eigenvalue weighted by Gasteiger charge is 2.19. The molecule has 61 heavy (non-hydrogen) atoms. The van der Waals surface area contributed by atoms with E-state index in [4.69, 9.17) is 14.2 Å². The van der Waals surface area contributed by atoms with Crippen LogP contribution in [0.15, 0.2) is 122 Å². The lowest BCUT2D eigenvalue weighted by Gasteiger charge is -2.18. The quantitative estimate of drug-likeness (QED) is 0.0201. The van der Waals surface area contributed by atoms with Gasteiger partial charge < -0.3 is 14.2 Å². The molecule has 0 amide bonds. The zero-order chi connectivity index (χ0) is 44.4. The number of carbonyl (C=O) groups is 3. The van der Waals surface area contributed by atoms with Gasteiger partial charge in [0.2, 0.25) is 0 Å². The van der Waals surface area contributed by atoms with Gasteiger partial charge in [-0.1, -0.05) is 206 Å². The van der Waals surface area contributed by atoms with E-state index in [0.717, 1.165) is 89.9 Å². The second-order valence-electron chi connectivity index (χ2n) is 15.5. The Kier molecular flexibility index (Phi) is 45.1. The molecular weight excluding hydrogens is 757 g/mol. The Morgan fingerprint density at radius 3 is 1.10 bits per heavy atom. The van der Waals surface area contributed by atoms with Crippen molar-refractivity contribution in [2.75, 3.05) is 13.2 Å². The average molecular weight is 843 g/mol. The van der Waals surface area contributed by atoms with Gasteiger partial charge in [0, 0.05) is 19.3 Å². The van der Waals surface area contributed by atoms with E-state index < -0.39 is 12.1 Å². The predicted molar refractivity (Wildman–Crippen MR) is 260 cm³/mol. The van der Waals surface area contributed by atoms with Crippen LogP contribution in [-0.2, 0) is 28.6 Å². The molecule has 342 valence electrons. The number of rotatable bonds is 41. The fourth-order valence-electron chi connectivity index (χ4n) is 6.01. The Labute approximate surface area is 373 Å². The van der Waals surface area contributed by atoms with Crippen molar-refractivity contribution < 1.29 is 28.6 Å². The van der Waals surface area contributed by atoms with Crippen molar-refractivity contribution >= 4 is 17.9 Å². The molecule has 0 saturated heterocycles. The highest BCUT2D eigenvalue weighted by molar-refractivity contribution is 5.71. The van der Waals surface area contributed by atoms with Gasteiger partial charge in [-0.2, -0.15) is 0 Å². The molecule has 1 unspecified atom stereocenters. The van der Waals surface area contributed by atoms with Crippen LogP contribution in [0.5, 0.6) is 0 Å². The lowest BCUT2D eigenvalue weighted by atomic mass is 10.1. The minimum atomic E-state index is -0.830. The number of unbranched alkanes of at least 4 members (excludes halogenated alkanes) is 17. The molecule has 0 aliphatic rings. The van der Waals surface area contributed by atoms with Crippen molar-refractivity contribution in [2.45, 2.75) is 194 Å². The number of carbonyl (C=O) groups excluding carboxylic acids is 3. The van der Waals surface area contributed by atoms with Gasteiger partial charge in [-0.05, 0) is 83.5 Å². The van der Waals surface area contributed by atoms with Gasteiger partial charge in [0.05, 0.1) is 0 Å². The SMILES string of the molecule is CC\C=C/C=C\C=C/C=C\C=C/CCCC(=O)OC(COC(=O)CCCCCCC\C=C/C=C\C=C/C=C\CCCCC)COC(=O)CCCCCCC/C=C\CCCCC. The second-order valence-corrected chi connectivity index (χ2v) is 15.5. The molecule has 6 heteroatoms. The van der Waals surface area contributed by atoms with Crippen molar-refractivity contribution in [3.05, 3.63) is 122 Å². The summed E-state index contributed by atoms with van der Waals surface area (Å²) in [5.74, 6) is -1.04. The first-order valence-electron chi connectivity index (χ1n) is 24.2. The molecule has 0 saturated carbocycles. The maximum Gasteiger partial charge on any atom is 0.306 e. The summed E-state index contributed by atoms with van der Waals surface area (Å²) in [5, 5.41) is 0. The van der Waals surface area contributed by atoms with Crippen LogP contribution in [0.2, 0.25) is 0 Å². The first-order chi connectivity index (χ1) is 30.0. The molecule has 6 nitrogen and oxygen atoms in total. The molecule has 1 atom stereocenters. The van der Waals surface area contributed by atoms with Gasteiger partial charge >= 0.3 is 17.9 Å². The summed E-state index contributed by atoms with van der Waals surface area (Å²) in [5.41, 5.74) is 0. The fourth-order valence-corrected chi connectivity index (χ4v) is 6.01. The van der Waals surface area contributed by atoms with Crippen LogP contribution >= 0.6 is 0 Å². The Morgan fingerprint density at radius 2 is 0.672 bits per heavy atom. The minimum Gasteiger partial charge on any atom is -0.462 e. The first-order valence-corrected chi connectivity index (χ1v) is 24.2. The van der Waals surface area contributed by atoms with Gasteiger partial charge in [-0.15, -0.1) is 0 Å². The van der Waals surface area contributed by atoms with Crippen LogP contribution in [0.25, 0.3) is 0 Å². The smallest absolute Gasteiger partial charge is 0.306 e. The normalized spacial score (nSPS) is 13.2. The predicted octanol–water partition coefficient (Wildman–Crippen LogP) is 15.7. The number of ether oxygens (including phenoxy) is 3. The molecule has 0 aromatic heterocycles. The molecule has 0 fully saturated rings. The number of hydrogen-bond donors (Lipinski definition) is 0. The molecule has 0 spiro atoms. The topological polar surface area (TPSA) is 78.9 Å². The van der Waals surface area contributed by atoms with Gasteiger partial charge in [0.1, 0.15) is 13.2 Å². The maximum atomic E-state index is 12.7. The summed E-state index contributed by atoms with van der Waals surface area (Å²) in [6.07, 6.45) is 66.1. The molecule has 0 bridgehead atoms. The van der Waals surface area contributed by atoms with E-state index in [-0.39, 0.29) is 31.6 Å².